The van der Waals surface area contributed by atoms with E-state index < -0.39 is 0 Å². The third-order valence-corrected chi connectivity index (χ3v) is 6.54. The molecule has 1 aliphatic rings. The number of pyridine rings is 1. The first-order valence-electron chi connectivity index (χ1n) is 10.2. The summed E-state index contributed by atoms with van der Waals surface area (Å²) in [5, 5.41) is 0.940. The molecule has 0 spiro atoms. The first-order chi connectivity index (χ1) is 14.1. The van der Waals surface area contributed by atoms with Crippen molar-refractivity contribution in [3.05, 3.63) is 81.1 Å². The van der Waals surface area contributed by atoms with Gasteiger partial charge in [0.1, 0.15) is 10.8 Å². The summed E-state index contributed by atoms with van der Waals surface area (Å²) in [6, 6.07) is 13.7. The maximum atomic E-state index is 11.4. The maximum absolute atomic E-state index is 11.4. The highest BCUT2D eigenvalue weighted by Gasteiger charge is 2.27. The summed E-state index contributed by atoms with van der Waals surface area (Å²) in [7, 11) is 0. The number of nitrogens with zero attached hydrogens (tertiary/aromatic N) is 3. The molecule has 0 amide bonds. The normalized spacial score (nSPS) is 17.0. The van der Waals surface area contributed by atoms with E-state index >= 15 is 0 Å². The second-order valence-corrected chi connectivity index (χ2v) is 9.11. The molecule has 3 aromatic rings. The lowest BCUT2D eigenvalue weighted by atomic mass is 10.0. The summed E-state index contributed by atoms with van der Waals surface area (Å²) >= 11 is 1.70. The van der Waals surface area contributed by atoms with Crippen molar-refractivity contribution in [2.45, 2.75) is 52.1 Å². The quantitative estimate of drug-likeness (QED) is 0.560. The van der Waals surface area contributed by atoms with E-state index in [2.05, 4.69) is 51.3 Å². The fourth-order valence-corrected chi connectivity index (χ4v) is 5.22. The average molecular weight is 406 g/mol. The number of ketones is 1. The Morgan fingerprint density at radius 3 is 2.69 bits per heavy atom. The predicted octanol–water partition coefficient (Wildman–Crippen LogP) is 4.91. The Hall–Kier alpha value is -2.37. The van der Waals surface area contributed by atoms with Crippen LogP contribution in [0.4, 0.5) is 0 Å². The number of rotatable bonds is 7. The molecule has 0 aliphatic carbocycles. The molecule has 0 bridgehead atoms. The van der Waals surface area contributed by atoms with E-state index in [0.29, 0.717) is 12.5 Å². The van der Waals surface area contributed by atoms with Crippen LogP contribution in [0.5, 0.6) is 0 Å². The smallest absolute Gasteiger partial charge is 0.136 e. The van der Waals surface area contributed by atoms with Gasteiger partial charge in [0, 0.05) is 35.6 Å². The van der Waals surface area contributed by atoms with E-state index in [4.69, 9.17) is 0 Å². The zero-order chi connectivity index (χ0) is 20.2. The van der Waals surface area contributed by atoms with Gasteiger partial charge < -0.3 is 0 Å². The fourth-order valence-electron chi connectivity index (χ4n) is 4.06. The van der Waals surface area contributed by atoms with Crippen LogP contribution in [0.25, 0.3) is 0 Å². The average Bonchev–Trinajstić information content (AvgIpc) is 3.32. The third kappa shape index (κ3) is 5.17. The van der Waals surface area contributed by atoms with Crippen LogP contribution in [-0.2, 0) is 24.2 Å². The maximum Gasteiger partial charge on any atom is 0.136 e. The number of carbonyl (C=O) groups is 1. The number of aromatic nitrogens is 2. The highest BCUT2D eigenvalue weighted by molar-refractivity contribution is 7.11. The van der Waals surface area contributed by atoms with E-state index in [1.165, 1.54) is 34.4 Å². The number of aryl methyl sites for hydroxylation is 1. The number of hydrogen-bond donors (Lipinski definition) is 0. The van der Waals surface area contributed by atoms with Crippen LogP contribution in [-0.4, -0.2) is 27.2 Å². The first kappa shape index (κ1) is 19.9. The topological polar surface area (TPSA) is 46.1 Å². The van der Waals surface area contributed by atoms with Gasteiger partial charge in [0.2, 0.25) is 0 Å². The van der Waals surface area contributed by atoms with Gasteiger partial charge in [0.25, 0.3) is 0 Å². The van der Waals surface area contributed by atoms with E-state index in [1.54, 1.807) is 18.3 Å². The zero-order valence-corrected chi connectivity index (χ0v) is 17.9. The van der Waals surface area contributed by atoms with Crippen LogP contribution in [0.1, 0.15) is 58.1 Å². The minimum Gasteiger partial charge on any atom is -0.300 e. The Kier molecular flexibility index (Phi) is 6.16. The van der Waals surface area contributed by atoms with E-state index in [1.807, 2.05) is 19.3 Å². The highest BCUT2D eigenvalue weighted by atomic mass is 32.1. The van der Waals surface area contributed by atoms with Gasteiger partial charge >= 0.3 is 0 Å². The van der Waals surface area contributed by atoms with Crippen molar-refractivity contribution in [3.63, 3.8) is 0 Å². The van der Waals surface area contributed by atoms with Crippen molar-refractivity contribution in [2.24, 2.45) is 0 Å². The Bertz CT molecular complexity index is 980. The minimum absolute atomic E-state index is 0.177. The highest BCUT2D eigenvalue weighted by Crippen LogP contribution is 2.36. The van der Waals surface area contributed by atoms with Gasteiger partial charge in [-0.15, -0.1) is 11.3 Å². The summed E-state index contributed by atoms with van der Waals surface area (Å²) in [4.78, 5) is 23.9. The number of likely N-dealkylation sites (tertiary alicyclic amines) is 1. The van der Waals surface area contributed by atoms with E-state index in [0.717, 1.165) is 30.2 Å². The lowest BCUT2D eigenvalue weighted by Crippen LogP contribution is -2.22. The lowest BCUT2D eigenvalue weighted by Gasteiger charge is -2.23. The standard InChI is InChI=1S/C24H27N3OS/c1-17-12-21(9-10-25-17)14-19-5-7-20(8-6-19)16-27-11-3-4-22(27)23-15-26-24(29-23)13-18(2)28/h5-10,12,15,22H,3-4,11,13-14,16H2,1-2H3/t22-/m0/s1. The van der Waals surface area contributed by atoms with E-state index in [9.17, 15) is 4.79 Å². The van der Waals surface area contributed by atoms with Crippen molar-refractivity contribution in [2.75, 3.05) is 6.54 Å². The Morgan fingerprint density at radius 1 is 1.14 bits per heavy atom. The van der Waals surface area contributed by atoms with E-state index in [-0.39, 0.29) is 5.78 Å². The van der Waals surface area contributed by atoms with Crippen LogP contribution in [0.2, 0.25) is 0 Å². The molecule has 5 heteroatoms. The molecule has 1 fully saturated rings. The molecule has 2 aromatic heterocycles. The van der Waals surface area contributed by atoms with Crippen LogP contribution in [0.15, 0.2) is 48.8 Å². The molecule has 0 saturated carbocycles. The molecule has 4 rings (SSSR count). The molecule has 0 unspecified atom stereocenters. The van der Waals surface area contributed by atoms with Gasteiger partial charge in [-0.2, -0.15) is 0 Å². The number of Topliss-reactive ketones (excluding diaryl/α,β-unsaturated/α-hetero) is 1. The van der Waals surface area contributed by atoms with Gasteiger partial charge in [-0.3, -0.25) is 14.7 Å². The van der Waals surface area contributed by atoms with Crippen molar-refractivity contribution < 1.29 is 4.79 Å². The van der Waals surface area contributed by atoms with Gasteiger partial charge in [-0.1, -0.05) is 24.3 Å². The summed E-state index contributed by atoms with van der Waals surface area (Å²) in [5.74, 6) is 0.177. The second-order valence-electron chi connectivity index (χ2n) is 7.96. The second kappa shape index (κ2) is 8.97. The number of benzene rings is 1. The predicted molar refractivity (Wildman–Crippen MR) is 117 cm³/mol. The van der Waals surface area contributed by atoms with Crippen LogP contribution >= 0.6 is 11.3 Å². The Morgan fingerprint density at radius 2 is 1.93 bits per heavy atom. The zero-order valence-electron chi connectivity index (χ0n) is 17.1. The monoisotopic (exact) mass is 405 g/mol. The third-order valence-electron chi connectivity index (χ3n) is 5.44. The number of thiazole rings is 1. The van der Waals surface area contributed by atoms with Gasteiger partial charge in [-0.05, 0) is 68.5 Å². The molecule has 1 aromatic carbocycles. The number of hydrogen-bond acceptors (Lipinski definition) is 5. The van der Waals surface area contributed by atoms with Crippen LogP contribution in [0, 0.1) is 6.92 Å². The Labute approximate surface area is 176 Å². The molecule has 1 aliphatic heterocycles. The van der Waals surface area contributed by atoms with Gasteiger partial charge in [0.05, 0.1) is 6.42 Å². The van der Waals surface area contributed by atoms with Gasteiger partial charge in [0.15, 0.2) is 0 Å². The summed E-state index contributed by atoms with van der Waals surface area (Å²) in [6.07, 6.45) is 7.64. The largest absolute Gasteiger partial charge is 0.300 e. The summed E-state index contributed by atoms with van der Waals surface area (Å²) < 4.78 is 0. The molecule has 4 nitrogen and oxygen atoms in total. The van der Waals surface area contributed by atoms with Crippen molar-refractivity contribution in [1.82, 2.24) is 14.9 Å². The van der Waals surface area contributed by atoms with Crippen LogP contribution in [0.3, 0.4) is 0 Å². The first-order valence-corrected chi connectivity index (χ1v) is 11.1. The fraction of sp³-hybridized carbons (Fsp3) is 0.375. The number of carbonyl (C=O) groups excluding carboxylic acids is 1. The summed E-state index contributed by atoms with van der Waals surface area (Å²) in [6.45, 7) is 5.73. The molecule has 1 saturated heterocycles. The summed E-state index contributed by atoms with van der Waals surface area (Å²) in [5.41, 5.74) is 5.04. The lowest BCUT2D eigenvalue weighted by molar-refractivity contribution is -0.116. The van der Waals surface area contributed by atoms with Gasteiger partial charge in [-0.25, -0.2) is 4.98 Å². The molecular weight excluding hydrogens is 378 g/mol. The molecule has 1 atom stereocenters. The molecule has 150 valence electrons. The molecule has 3 heterocycles. The molecular formula is C24H27N3OS. The minimum atomic E-state index is 0.177. The van der Waals surface area contributed by atoms with Crippen molar-refractivity contribution in [1.29, 1.82) is 0 Å². The van der Waals surface area contributed by atoms with Crippen molar-refractivity contribution in [3.8, 4) is 0 Å². The Balaban J connectivity index is 1.40. The SMILES string of the molecule is CC(=O)Cc1ncc([C@@H]2CCCN2Cc2ccc(Cc3ccnc(C)c3)cc2)s1. The molecule has 0 radical (unpaired) electrons. The van der Waals surface area contributed by atoms with Crippen molar-refractivity contribution >= 4 is 17.1 Å². The van der Waals surface area contributed by atoms with Crippen LogP contribution < -0.4 is 0 Å². The molecule has 0 N–H and O–H groups in total. The molecule has 29 heavy (non-hydrogen) atoms.